The Kier molecular flexibility index (Phi) is 4.78. The zero-order valence-electron chi connectivity index (χ0n) is 16.1. The number of hydrogen-bond donors (Lipinski definition) is 1. The molecular weight excluding hydrogens is 372 g/mol. The van der Waals surface area contributed by atoms with Gasteiger partial charge in [0, 0.05) is 12.6 Å². The molecule has 9 heteroatoms. The summed E-state index contributed by atoms with van der Waals surface area (Å²) in [7, 11) is 3.25. The molecule has 0 aliphatic carbocycles. The lowest BCUT2D eigenvalue weighted by Gasteiger charge is -2.10. The lowest BCUT2D eigenvalue weighted by Crippen LogP contribution is -2.14. The lowest BCUT2D eigenvalue weighted by atomic mass is 10.1. The minimum Gasteiger partial charge on any atom is -0.479 e. The summed E-state index contributed by atoms with van der Waals surface area (Å²) in [5.74, 6) is 0.762. The summed E-state index contributed by atoms with van der Waals surface area (Å²) in [5.41, 5.74) is 2.56. The first-order chi connectivity index (χ1) is 14.1. The largest absolute Gasteiger partial charge is 0.479 e. The molecule has 3 aromatic heterocycles. The number of rotatable bonds is 5. The summed E-state index contributed by atoms with van der Waals surface area (Å²) in [5, 5.41) is 11.1. The van der Waals surface area contributed by atoms with Crippen LogP contribution in [0.15, 0.2) is 53.3 Å². The molecule has 0 radical (unpaired) electrons. The summed E-state index contributed by atoms with van der Waals surface area (Å²) in [6.45, 7) is 1.69. The Morgan fingerprint density at radius 3 is 2.66 bits per heavy atom. The van der Waals surface area contributed by atoms with E-state index in [4.69, 9.17) is 9.26 Å². The van der Waals surface area contributed by atoms with E-state index < -0.39 is 0 Å². The number of methoxy groups -OCH3 is 1. The average Bonchev–Trinajstić information content (AvgIpc) is 3.34. The fourth-order valence-electron chi connectivity index (χ4n) is 2.89. The van der Waals surface area contributed by atoms with Gasteiger partial charge >= 0.3 is 0 Å². The van der Waals surface area contributed by atoms with E-state index in [1.807, 2.05) is 30.3 Å². The number of nitrogens with one attached hydrogen (secondary N) is 1. The van der Waals surface area contributed by atoms with Crippen molar-refractivity contribution in [1.29, 1.82) is 0 Å². The first-order valence-corrected chi connectivity index (χ1v) is 8.81. The van der Waals surface area contributed by atoms with Crippen LogP contribution in [0.4, 0.5) is 5.69 Å². The Balaban J connectivity index is 1.65. The number of amides is 1. The third-order valence-electron chi connectivity index (χ3n) is 4.27. The van der Waals surface area contributed by atoms with Gasteiger partial charge in [0.05, 0.1) is 7.11 Å². The van der Waals surface area contributed by atoms with E-state index >= 15 is 0 Å². The Morgan fingerprint density at radius 2 is 1.97 bits per heavy atom. The Morgan fingerprint density at radius 1 is 1.17 bits per heavy atom. The van der Waals surface area contributed by atoms with Crippen LogP contribution in [0.25, 0.3) is 22.8 Å². The van der Waals surface area contributed by atoms with Crippen LogP contribution >= 0.6 is 0 Å². The minimum atomic E-state index is -0.369. The van der Waals surface area contributed by atoms with Crippen LogP contribution in [-0.4, -0.2) is 37.9 Å². The maximum Gasteiger partial charge on any atom is 0.261 e. The second-order valence-corrected chi connectivity index (χ2v) is 6.28. The molecule has 1 aromatic carbocycles. The SMILES string of the molecule is COc1nc(-c2ncn(C)n2)ccc1NC(=O)c1c(-c2ccccc2)noc1C. The van der Waals surface area contributed by atoms with E-state index in [0.29, 0.717) is 34.2 Å². The molecule has 9 nitrogen and oxygen atoms in total. The van der Waals surface area contributed by atoms with Gasteiger partial charge in [-0.2, -0.15) is 0 Å². The van der Waals surface area contributed by atoms with Crippen molar-refractivity contribution < 1.29 is 14.1 Å². The van der Waals surface area contributed by atoms with E-state index in [0.717, 1.165) is 5.56 Å². The zero-order valence-corrected chi connectivity index (χ0v) is 16.1. The van der Waals surface area contributed by atoms with Crippen LogP contribution in [0.2, 0.25) is 0 Å². The molecule has 1 amide bonds. The Hall–Kier alpha value is -4.01. The molecule has 0 saturated heterocycles. The van der Waals surface area contributed by atoms with Crippen LogP contribution in [0, 0.1) is 6.92 Å². The van der Waals surface area contributed by atoms with Gasteiger partial charge in [-0.15, -0.1) is 5.10 Å². The Bertz CT molecular complexity index is 1170. The number of nitrogens with zero attached hydrogens (tertiary/aromatic N) is 5. The third-order valence-corrected chi connectivity index (χ3v) is 4.27. The Labute approximate surface area is 166 Å². The molecule has 4 aromatic rings. The zero-order chi connectivity index (χ0) is 20.4. The molecule has 0 atom stereocenters. The first-order valence-electron chi connectivity index (χ1n) is 8.81. The molecule has 1 N–H and O–H groups in total. The van der Waals surface area contributed by atoms with Gasteiger partial charge in [0.1, 0.15) is 34.7 Å². The average molecular weight is 390 g/mol. The van der Waals surface area contributed by atoms with E-state index in [2.05, 4.69) is 25.5 Å². The third kappa shape index (κ3) is 3.57. The fraction of sp³-hybridized carbons (Fsp3) is 0.150. The number of hydrogen-bond acceptors (Lipinski definition) is 7. The topological polar surface area (TPSA) is 108 Å². The van der Waals surface area contributed by atoms with Gasteiger partial charge in [0.15, 0.2) is 5.82 Å². The highest BCUT2D eigenvalue weighted by molar-refractivity contribution is 6.09. The van der Waals surface area contributed by atoms with Gasteiger partial charge in [-0.1, -0.05) is 35.5 Å². The lowest BCUT2D eigenvalue weighted by molar-refractivity contribution is 0.102. The van der Waals surface area contributed by atoms with Gasteiger partial charge in [-0.25, -0.2) is 9.97 Å². The van der Waals surface area contributed by atoms with Crippen LogP contribution in [-0.2, 0) is 7.05 Å². The summed E-state index contributed by atoms with van der Waals surface area (Å²) >= 11 is 0. The van der Waals surface area contributed by atoms with Crippen LogP contribution in [0.5, 0.6) is 5.88 Å². The molecule has 29 heavy (non-hydrogen) atoms. The number of aromatic nitrogens is 5. The van der Waals surface area contributed by atoms with Crippen molar-refractivity contribution in [3.8, 4) is 28.7 Å². The van der Waals surface area contributed by atoms with Crippen LogP contribution in [0.3, 0.4) is 0 Å². The molecule has 0 saturated carbocycles. The highest BCUT2D eigenvalue weighted by Gasteiger charge is 2.23. The predicted octanol–water partition coefficient (Wildman–Crippen LogP) is 3.10. The van der Waals surface area contributed by atoms with Crippen LogP contribution in [0.1, 0.15) is 16.1 Å². The second kappa shape index (κ2) is 7.55. The van der Waals surface area contributed by atoms with Crippen molar-refractivity contribution in [1.82, 2.24) is 24.9 Å². The number of aryl methyl sites for hydroxylation is 2. The predicted molar refractivity (Wildman–Crippen MR) is 105 cm³/mol. The number of carbonyl (C=O) groups is 1. The van der Waals surface area contributed by atoms with E-state index in [9.17, 15) is 4.79 Å². The summed E-state index contributed by atoms with van der Waals surface area (Å²) in [4.78, 5) is 21.6. The van der Waals surface area contributed by atoms with Gasteiger partial charge in [-0.05, 0) is 19.1 Å². The van der Waals surface area contributed by atoms with Crippen LogP contribution < -0.4 is 10.1 Å². The molecule has 3 heterocycles. The minimum absolute atomic E-state index is 0.249. The summed E-state index contributed by atoms with van der Waals surface area (Å²) < 4.78 is 12.2. The monoisotopic (exact) mass is 390 g/mol. The molecular formula is C20H18N6O3. The fourth-order valence-corrected chi connectivity index (χ4v) is 2.89. The second-order valence-electron chi connectivity index (χ2n) is 6.28. The van der Waals surface area contributed by atoms with E-state index in [1.165, 1.54) is 7.11 Å². The number of benzene rings is 1. The molecule has 0 spiro atoms. The van der Waals surface area contributed by atoms with Gasteiger partial charge in [0.25, 0.3) is 5.91 Å². The summed E-state index contributed by atoms with van der Waals surface area (Å²) in [6, 6.07) is 12.8. The molecule has 0 fully saturated rings. The van der Waals surface area contributed by atoms with Crippen molar-refractivity contribution in [2.75, 3.05) is 12.4 Å². The van der Waals surface area contributed by atoms with Crippen molar-refractivity contribution in [2.45, 2.75) is 6.92 Å². The van der Waals surface area contributed by atoms with Crippen molar-refractivity contribution >= 4 is 11.6 Å². The maximum absolute atomic E-state index is 13.0. The van der Waals surface area contributed by atoms with Gasteiger partial charge < -0.3 is 14.6 Å². The molecule has 4 rings (SSSR count). The quantitative estimate of drug-likeness (QED) is 0.558. The van der Waals surface area contributed by atoms with E-state index in [-0.39, 0.29) is 11.8 Å². The number of anilines is 1. The number of pyridine rings is 1. The molecule has 0 aliphatic heterocycles. The molecule has 0 unspecified atom stereocenters. The molecule has 0 bridgehead atoms. The number of carbonyl (C=O) groups excluding carboxylic acids is 1. The summed E-state index contributed by atoms with van der Waals surface area (Å²) in [6.07, 6.45) is 1.58. The van der Waals surface area contributed by atoms with Crippen molar-refractivity contribution in [2.24, 2.45) is 7.05 Å². The first kappa shape index (κ1) is 18.4. The van der Waals surface area contributed by atoms with Crippen molar-refractivity contribution in [3.63, 3.8) is 0 Å². The van der Waals surface area contributed by atoms with Crippen molar-refractivity contribution in [3.05, 3.63) is 60.1 Å². The molecule has 146 valence electrons. The molecule has 0 aliphatic rings. The number of ether oxygens (including phenoxy) is 1. The van der Waals surface area contributed by atoms with Gasteiger partial charge in [0.2, 0.25) is 5.88 Å². The van der Waals surface area contributed by atoms with E-state index in [1.54, 1.807) is 37.1 Å². The normalized spacial score (nSPS) is 10.7. The standard InChI is InChI=1S/C20H18N6O3/c1-12-16(17(25-29-12)13-7-5-4-6-8-13)19(27)22-15-10-9-14(23-20(15)28-3)18-21-11-26(2)24-18/h4-11H,1-3H3,(H,22,27). The van der Waals surface area contributed by atoms with Gasteiger partial charge in [-0.3, -0.25) is 9.48 Å². The highest BCUT2D eigenvalue weighted by atomic mass is 16.5. The smallest absolute Gasteiger partial charge is 0.261 e. The highest BCUT2D eigenvalue weighted by Crippen LogP contribution is 2.29. The maximum atomic E-state index is 13.0.